The maximum Gasteiger partial charge on any atom is 0.339 e. The Morgan fingerprint density at radius 1 is 1.40 bits per heavy atom. The number of amides is 2. The van der Waals surface area contributed by atoms with Gasteiger partial charge in [-0.25, -0.2) is 4.79 Å². The topological polar surface area (TPSA) is 108 Å². The first-order chi connectivity index (χ1) is 9.49. The van der Waals surface area contributed by atoms with Gasteiger partial charge < -0.3 is 15.7 Å². The lowest BCUT2D eigenvalue weighted by molar-refractivity contribution is -0.124. The van der Waals surface area contributed by atoms with Crippen LogP contribution in [-0.2, 0) is 9.59 Å². The minimum Gasteiger partial charge on any atom is -0.478 e. The summed E-state index contributed by atoms with van der Waals surface area (Å²) in [5.41, 5.74) is -0.0453. The van der Waals surface area contributed by atoms with Gasteiger partial charge in [0, 0.05) is 6.54 Å². The summed E-state index contributed by atoms with van der Waals surface area (Å²) in [5.74, 6) is -1.85. The molecule has 1 heterocycles. The van der Waals surface area contributed by atoms with E-state index in [1.165, 1.54) is 12.1 Å². The summed E-state index contributed by atoms with van der Waals surface area (Å²) < 4.78 is 0. The number of nitrogens with one attached hydrogen (secondary N) is 3. The van der Waals surface area contributed by atoms with Crippen molar-refractivity contribution in [1.82, 2.24) is 10.6 Å². The number of rotatable bonds is 3. The average Bonchev–Trinajstić information content (AvgIpc) is 2.39. The molecule has 0 radical (unpaired) electrons. The fourth-order valence-electron chi connectivity index (χ4n) is 1.82. The molecule has 1 atom stereocenters. The zero-order valence-electron chi connectivity index (χ0n) is 10.3. The van der Waals surface area contributed by atoms with Crippen molar-refractivity contribution in [2.24, 2.45) is 0 Å². The van der Waals surface area contributed by atoms with Crippen molar-refractivity contribution >= 4 is 35.1 Å². The van der Waals surface area contributed by atoms with Gasteiger partial charge in [-0.3, -0.25) is 14.9 Å². The highest BCUT2D eigenvalue weighted by Crippen LogP contribution is 2.24. The number of carboxylic acids is 1. The molecule has 1 unspecified atom stereocenters. The van der Waals surface area contributed by atoms with Crippen molar-refractivity contribution in [3.63, 3.8) is 0 Å². The number of hydrogen-bond acceptors (Lipinski definition) is 4. The maximum atomic E-state index is 12.0. The Hall–Kier alpha value is -2.12. The van der Waals surface area contributed by atoms with Crippen molar-refractivity contribution in [1.29, 1.82) is 0 Å². The Morgan fingerprint density at radius 3 is 2.75 bits per heavy atom. The van der Waals surface area contributed by atoms with Crippen molar-refractivity contribution in [3.8, 4) is 0 Å². The van der Waals surface area contributed by atoms with E-state index in [0.717, 1.165) is 0 Å². The van der Waals surface area contributed by atoms with Crippen molar-refractivity contribution < 1.29 is 19.5 Å². The molecule has 1 aromatic carbocycles. The highest BCUT2D eigenvalue weighted by molar-refractivity contribution is 6.34. The molecule has 106 valence electrons. The van der Waals surface area contributed by atoms with E-state index in [1.807, 2.05) is 0 Å². The number of hydrogen-bond donors (Lipinski definition) is 4. The Labute approximate surface area is 119 Å². The Kier molecular flexibility index (Phi) is 4.21. The molecule has 2 rings (SSSR count). The number of carbonyl (C=O) groups is 3. The van der Waals surface area contributed by atoms with Crippen LogP contribution in [0.25, 0.3) is 0 Å². The predicted molar refractivity (Wildman–Crippen MR) is 71.8 cm³/mol. The average molecular weight is 298 g/mol. The van der Waals surface area contributed by atoms with Gasteiger partial charge in [0.15, 0.2) is 0 Å². The molecule has 0 aliphatic carbocycles. The second kappa shape index (κ2) is 5.89. The van der Waals surface area contributed by atoms with E-state index in [0.29, 0.717) is 0 Å². The quantitative estimate of drug-likeness (QED) is 0.631. The predicted octanol–water partition coefficient (Wildman–Crippen LogP) is 0.0647. The largest absolute Gasteiger partial charge is 0.478 e. The highest BCUT2D eigenvalue weighted by Gasteiger charge is 2.25. The molecule has 0 saturated carbocycles. The van der Waals surface area contributed by atoms with E-state index in [9.17, 15) is 14.4 Å². The van der Waals surface area contributed by atoms with E-state index in [-0.39, 0.29) is 35.3 Å². The van der Waals surface area contributed by atoms with E-state index >= 15 is 0 Å². The molecular weight excluding hydrogens is 286 g/mol. The highest BCUT2D eigenvalue weighted by atomic mass is 35.5. The Bertz CT molecular complexity index is 566. The molecule has 20 heavy (non-hydrogen) atoms. The van der Waals surface area contributed by atoms with Gasteiger partial charge in [0.1, 0.15) is 11.6 Å². The lowest BCUT2D eigenvalue weighted by Gasteiger charge is -2.23. The van der Waals surface area contributed by atoms with Crippen LogP contribution in [0.5, 0.6) is 0 Å². The first-order valence-electron chi connectivity index (χ1n) is 5.82. The molecule has 1 aliphatic rings. The van der Waals surface area contributed by atoms with Crippen molar-refractivity contribution in [2.45, 2.75) is 6.04 Å². The molecular formula is C12H12ClN3O4. The van der Waals surface area contributed by atoms with E-state index in [4.69, 9.17) is 16.7 Å². The van der Waals surface area contributed by atoms with Crippen LogP contribution in [0.4, 0.5) is 5.69 Å². The summed E-state index contributed by atoms with van der Waals surface area (Å²) in [6.45, 7) is 0.188. The number of halogens is 1. The summed E-state index contributed by atoms with van der Waals surface area (Å²) in [6.07, 6.45) is 0. The second-order valence-electron chi connectivity index (χ2n) is 4.19. The summed E-state index contributed by atoms with van der Waals surface area (Å²) in [4.78, 5) is 34.1. The summed E-state index contributed by atoms with van der Waals surface area (Å²) in [7, 11) is 0. The molecule has 0 bridgehead atoms. The third-order valence-electron chi connectivity index (χ3n) is 2.81. The first-order valence-corrected chi connectivity index (χ1v) is 6.19. The lowest BCUT2D eigenvalue weighted by Crippen LogP contribution is -2.56. The number of carbonyl (C=O) groups excluding carboxylic acids is 2. The number of benzene rings is 1. The van der Waals surface area contributed by atoms with Crippen LogP contribution < -0.4 is 16.0 Å². The molecule has 1 fully saturated rings. The normalized spacial score (nSPS) is 18.2. The van der Waals surface area contributed by atoms with Crippen LogP contribution in [0.3, 0.4) is 0 Å². The van der Waals surface area contributed by atoms with Crippen LogP contribution in [0.2, 0.25) is 5.02 Å². The molecule has 1 saturated heterocycles. The van der Waals surface area contributed by atoms with Crippen LogP contribution >= 0.6 is 11.6 Å². The van der Waals surface area contributed by atoms with E-state index in [2.05, 4.69) is 16.0 Å². The number of carboxylic acid groups (broad SMARTS) is 1. The van der Waals surface area contributed by atoms with Crippen LogP contribution in [0.15, 0.2) is 18.2 Å². The fraction of sp³-hybridized carbons (Fsp3) is 0.250. The number of anilines is 1. The van der Waals surface area contributed by atoms with E-state index < -0.39 is 17.9 Å². The fourth-order valence-corrected chi connectivity index (χ4v) is 2.07. The number of aromatic carboxylic acids is 1. The van der Waals surface area contributed by atoms with Crippen LogP contribution in [-0.4, -0.2) is 42.0 Å². The summed E-state index contributed by atoms with van der Waals surface area (Å²) in [5, 5.41) is 16.9. The van der Waals surface area contributed by atoms with Gasteiger partial charge in [0.2, 0.25) is 11.8 Å². The van der Waals surface area contributed by atoms with Crippen LogP contribution in [0.1, 0.15) is 10.4 Å². The van der Waals surface area contributed by atoms with Gasteiger partial charge in [0.25, 0.3) is 0 Å². The van der Waals surface area contributed by atoms with Gasteiger partial charge in [-0.1, -0.05) is 17.7 Å². The smallest absolute Gasteiger partial charge is 0.339 e. The van der Waals surface area contributed by atoms with Gasteiger partial charge in [-0.15, -0.1) is 0 Å². The Balaban J connectivity index is 2.14. The van der Waals surface area contributed by atoms with Gasteiger partial charge in [0.05, 0.1) is 17.3 Å². The Morgan fingerprint density at radius 2 is 2.15 bits per heavy atom. The molecule has 4 N–H and O–H groups in total. The molecule has 2 amide bonds. The minimum absolute atomic E-state index is 0.0411. The van der Waals surface area contributed by atoms with Gasteiger partial charge in [-0.05, 0) is 12.1 Å². The second-order valence-corrected chi connectivity index (χ2v) is 4.60. The molecule has 0 spiro atoms. The molecule has 8 heteroatoms. The standard InChI is InChI=1S/C12H12ClN3O4/c13-6-2-1-3-7(10(6)12(19)20)16-11(18)8-4-15-9(17)5-14-8/h1-3,8,14H,4-5H2,(H,15,17)(H,16,18)(H,19,20). The third kappa shape index (κ3) is 3.06. The monoisotopic (exact) mass is 297 g/mol. The molecule has 1 aromatic rings. The van der Waals surface area contributed by atoms with Crippen molar-refractivity contribution in [3.05, 3.63) is 28.8 Å². The molecule has 0 aromatic heterocycles. The zero-order chi connectivity index (χ0) is 14.7. The minimum atomic E-state index is -1.23. The SMILES string of the molecule is O=C1CNC(C(=O)Nc2cccc(Cl)c2C(=O)O)CN1. The summed E-state index contributed by atoms with van der Waals surface area (Å²) >= 11 is 5.81. The molecule has 7 nitrogen and oxygen atoms in total. The first kappa shape index (κ1) is 14.3. The third-order valence-corrected chi connectivity index (χ3v) is 3.13. The summed E-state index contributed by atoms with van der Waals surface area (Å²) in [6, 6.07) is 3.81. The van der Waals surface area contributed by atoms with Gasteiger partial charge >= 0.3 is 5.97 Å². The lowest BCUT2D eigenvalue weighted by atomic mass is 10.1. The zero-order valence-corrected chi connectivity index (χ0v) is 11.0. The van der Waals surface area contributed by atoms with Crippen molar-refractivity contribution in [2.75, 3.05) is 18.4 Å². The maximum absolute atomic E-state index is 12.0. The number of piperazine rings is 1. The van der Waals surface area contributed by atoms with E-state index in [1.54, 1.807) is 6.07 Å². The van der Waals surface area contributed by atoms with Crippen LogP contribution in [0, 0.1) is 0 Å². The van der Waals surface area contributed by atoms with Gasteiger partial charge in [-0.2, -0.15) is 0 Å². The molecule has 1 aliphatic heterocycles.